The summed E-state index contributed by atoms with van der Waals surface area (Å²) in [6.45, 7) is 2.25. The average molecular weight is 281 g/mol. The monoisotopic (exact) mass is 280 g/mol. The lowest BCUT2D eigenvalue weighted by Gasteiger charge is -1.95. The fourth-order valence-corrected chi connectivity index (χ4v) is 2.67. The highest BCUT2D eigenvalue weighted by atomic mass is 35.5. The van der Waals surface area contributed by atoms with Gasteiger partial charge in [-0.1, -0.05) is 28.1 Å². The van der Waals surface area contributed by atoms with Crippen molar-refractivity contribution in [1.82, 2.24) is 15.1 Å². The van der Waals surface area contributed by atoms with Crippen LogP contribution in [0.25, 0.3) is 10.2 Å². The number of halogens is 1. The largest absolute Gasteiger partial charge is 0.352 e. The summed E-state index contributed by atoms with van der Waals surface area (Å²) in [5.74, 6) is 1.17. The van der Waals surface area contributed by atoms with E-state index < -0.39 is 0 Å². The molecule has 0 aliphatic heterocycles. The first kappa shape index (κ1) is 11.4. The van der Waals surface area contributed by atoms with Gasteiger partial charge in [-0.2, -0.15) is 4.98 Å². The zero-order valence-corrected chi connectivity index (χ0v) is 11.0. The second-order valence-electron chi connectivity index (χ2n) is 3.72. The molecular formula is C11H9ClN4OS. The SMILES string of the molecule is Cc1noc(CNc2nc3ccc(Cl)cc3s2)n1. The smallest absolute Gasteiger partial charge is 0.246 e. The van der Waals surface area contributed by atoms with Crippen molar-refractivity contribution in [1.29, 1.82) is 0 Å². The van der Waals surface area contributed by atoms with Crippen molar-refractivity contribution >= 4 is 38.3 Å². The summed E-state index contributed by atoms with van der Waals surface area (Å²) in [5, 5.41) is 8.40. The highest BCUT2D eigenvalue weighted by molar-refractivity contribution is 7.22. The molecule has 0 saturated heterocycles. The Bertz CT molecular complexity index is 693. The van der Waals surface area contributed by atoms with Crippen molar-refractivity contribution in [2.75, 3.05) is 5.32 Å². The van der Waals surface area contributed by atoms with Crippen molar-refractivity contribution < 1.29 is 4.52 Å². The number of rotatable bonds is 3. The number of fused-ring (bicyclic) bond motifs is 1. The van der Waals surface area contributed by atoms with Crippen LogP contribution < -0.4 is 5.32 Å². The van der Waals surface area contributed by atoms with E-state index in [1.54, 1.807) is 18.3 Å². The highest BCUT2D eigenvalue weighted by Gasteiger charge is 2.06. The van der Waals surface area contributed by atoms with Gasteiger partial charge in [0.1, 0.15) is 0 Å². The zero-order valence-electron chi connectivity index (χ0n) is 9.48. The molecule has 3 aromatic rings. The third-order valence-corrected chi connectivity index (χ3v) is 3.52. The van der Waals surface area contributed by atoms with Crippen molar-refractivity contribution in [2.24, 2.45) is 0 Å². The van der Waals surface area contributed by atoms with Crippen LogP contribution in [-0.2, 0) is 6.54 Å². The average Bonchev–Trinajstić information content (AvgIpc) is 2.92. The molecule has 0 saturated carbocycles. The minimum atomic E-state index is 0.467. The predicted octanol–water partition coefficient (Wildman–Crippen LogP) is 3.25. The lowest BCUT2D eigenvalue weighted by Crippen LogP contribution is -1.98. The second-order valence-corrected chi connectivity index (χ2v) is 5.19. The van der Waals surface area contributed by atoms with E-state index in [-0.39, 0.29) is 0 Å². The molecular weight excluding hydrogens is 272 g/mol. The number of thiazole rings is 1. The van der Waals surface area contributed by atoms with Gasteiger partial charge in [0.25, 0.3) is 0 Å². The molecule has 0 aliphatic carbocycles. The number of hydrogen-bond donors (Lipinski definition) is 1. The molecule has 7 heteroatoms. The van der Waals surface area contributed by atoms with Crippen molar-refractivity contribution in [2.45, 2.75) is 13.5 Å². The normalized spacial score (nSPS) is 11.0. The van der Waals surface area contributed by atoms with Gasteiger partial charge in [-0.25, -0.2) is 4.98 Å². The van der Waals surface area contributed by atoms with Crippen molar-refractivity contribution in [3.8, 4) is 0 Å². The van der Waals surface area contributed by atoms with Gasteiger partial charge < -0.3 is 9.84 Å². The molecule has 0 unspecified atom stereocenters. The number of nitrogens with one attached hydrogen (secondary N) is 1. The van der Waals surface area contributed by atoms with Gasteiger partial charge in [0, 0.05) is 5.02 Å². The Morgan fingerprint density at radius 3 is 3.06 bits per heavy atom. The summed E-state index contributed by atoms with van der Waals surface area (Å²) >= 11 is 7.47. The van der Waals surface area contributed by atoms with E-state index in [4.69, 9.17) is 16.1 Å². The Hall–Kier alpha value is -1.66. The molecule has 0 aliphatic rings. The molecule has 3 rings (SSSR count). The summed E-state index contributed by atoms with van der Waals surface area (Å²) in [6, 6.07) is 5.63. The first-order valence-electron chi connectivity index (χ1n) is 5.30. The molecule has 92 valence electrons. The Kier molecular flexibility index (Phi) is 2.89. The van der Waals surface area contributed by atoms with Crippen LogP contribution in [0.15, 0.2) is 22.7 Å². The molecule has 0 radical (unpaired) electrons. The van der Waals surface area contributed by atoms with E-state index >= 15 is 0 Å². The Balaban J connectivity index is 1.78. The number of anilines is 1. The molecule has 18 heavy (non-hydrogen) atoms. The number of aryl methyl sites for hydroxylation is 1. The van der Waals surface area contributed by atoms with Crippen LogP contribution in [0.1, 0.15) is 11.7 Å². The maximum Gasteiger partial charge on any atom is 0.246 e. The standard InChI is InChI=1S/C11H9ClN4OS/c1-6-14-10(17-16-6)5-13-11-15-8-3-2-7(12)4-9(8)18-11/h2-4H,5H2,1H3,(H,13,15). The number of hydrogen-bond acceptors (Lipinski definition) is 6. The van der Waals surface area contributed by atoms with Crippen LogP contribution in [0, 0.1) is 6.92 Å². The summed E-state index contributed by atoms with van der Waals surface area (Å²) in [7, 11) is 0. The van der Waals surface area contributed by atoms with E-state index in [1.807, 2.05) is 18.2 Å². The third-order valence-electron chi connectivity index (χ3n) is 2.31. The maximum absolute atomic E-state index is 5.93. The summed E-state index contributed by atoms with van der Waals surface area (Å²) in [6.07, 6.45) is 0. The number of nitrogens with zero attached hydrogens (tertiary/aromatic N) is 3. The van der Waals surface area contributed by atoms with Gasteiger partial charge in [-0.05, 0) is 25.1 Å². The topological polar surface area (TPSA) is 63.8 Å². The molecule has 5 nitrogen and oxygen atoms in total. The summed E-state index contributed by atoms with van der Waals surface area (Å²) < 4.78 is 6.06. The first-order chi connectivity index (χ1) is 8.70. The summed E-state index contributed by atoms with van der Waals surface area (Å²) in [4.78, 5) is 8.54. The maximum atomic E-state index is 5.93. The molecule has 2 heterocycles. The number of aromatic nitrogens is 3. The van der Waals surface area contributed by atoms with E-state index in [9.17, 15) is 0 Å². The lowest BCUT2D eigenvalue weighted by molar-refractivity contribution is 0.379. The Morgan fingerprint density at radius 2 is 2.28 bits per heavy atom. The minimum Gasteiger partial charge on any atom is -0.352 e. The van der Waals surface area contributed by atoms with Crippen LogP contribution in [0.3, 0.4) is 0 Å². The minimum absolute atomic E-state index is 0.467. The molecule has 1 aromatic carbocycles. The van der Waals surface area contributed by atoms with Crippen molar-refractivity contribution in [3.63, 3.8) is 0 Å². The van der Waals surface area contributed by atoms with E-state index in [0.717, 1.165) is 15.3 Å². The van der Waals surface area contributed by atoms with E-state index in [1.165, 1.54) is 0 Å². The van der Waals surface area contributed by atoms with Crippen LogP contribution in [-0.4, -0.2) is 15.1 Å². The first-order valence-corrected chi connectivity index (χ1v) is 6.49. The van der Waals surface area contributed by atoms with Gasteiger partial charge in [0.15, 0.2) is 11.0 Å². The molecule has 0 fully saturated rings. The Morgan fingerprint density at radius 1 is 1.39 bits per heavy atom. The van der Waals surface area contributed by atoms with Gasteiger partial charge in [0.2, 0.25) is 5.89 Å². The van der Waals surface area contributed by atoms with Crippen LogP contribution in [0.5, 0.6) is 0 Å². The molecule has 0 bridgehead atoms. The molecule has 0 spiro atoms. The second kappa shape index (κ2) is 4.55. The lowest BCUT2D eigenvalue weighted by atomic mass is 10.3. The van der Waals surface area contributed by atoms with Gasteiger partial charge in [-0.3, -0.25) is 0 Å². The quantitative estimate of drug-likeness (QED) is 0.798. The van der Waals surface area contributed by atoms with Crippen molar-refractivity contribution in [3.05, 3.63) is 34.9 Å². The van der Waals surface area contributed by atoms with Gasteiger partial charge in [0.05, 0.1) is 16.8 Å². The highest BCUT2D eigenvalue weighted by Crippen LogP contribution is 2.28. The molecule has 0 amide bonds. The Labute approximate surface area is 112 Å². The molecule has 0 atom stereocenters. The molecule has 1 N–H and O–H groups in total. The fourth-order valence-electron chi connectivity index (χ4n) is 1.54. The van der Waals surface area contributed by atoms with Crippen LogP contribution >= 0.6 is 22.9 Å². The van der Waals surface area contributed by atoms with Crippen LogP contribution in [0.4, 0.5) is 5.13 Å². The zero-order chi connectivity index (χ0) is 12.5. The number of benzene rings is 1. The van der Waals surface area contributed by atoms with E-state index in [0.29, 0.717) is 23.3 Å². The van der Waals surface area contributed by atoms with Gasteiger partial charge in [-0.15, -0.1) is 0 Å². The van der Waals surface area contributed by atoms with Crippen LogP contribution in [0.2, 0.25) is 5.02 Å². The summed E-state index contributed by atoms with van der Waals surface area (Å²) in [5.41, 5.74) is 0.925. The molecule has 2 aromatic heterocycles. The third kappa shape index (κ3) is 2.30. The predicted molar refractivity (Wildman–Crippen MR) is 71.0 cm³/mol. The van der Waals surface area contributed by atoms with Gasteiger partial charge >= 0.3 is 0 Å². The fraction of sp³-hybridized carbons (Fsp3) is 0.182. The van der Waals surface area contributed by atoms with E-state index in [2.05, 4.69) is 20.4 Å².